The summed E-state index contributed by atoms with van der Waals surface area (Å²) in [6.45, 7) is 16.6. The van der Waals surface area contributed by atoms with Crippen molar-refractivity contribution in [3.63, 3.8) is 0 Å². The van der Waals surface area contributed by atoms with Gasteiger partial charge in [-0.15, -0.1) is 0 Å². The Hall–Kier alpha value is -1.30. The molecule has 0 aromatic rings. The lowest BCUT2D eigenvalue weighted by atomic mass is 9.88. The Morgan fingerprint density at radius 1 is 1.08 bits per heavy atom. The normalized spacial score (nSPS) is 25.0. The van der Waals surface area contributed by atoms with Crippen molar-refractivity contribution in [1.29, 1.82) is 0 Å². The molecule has 1 heterocycles. The van der Waals surface area contributed by atoms with Crippen molar-refractivity contribution in [2.45, 2.75) is 59.4 Å². The lowest BCUT2D eigenvalue weighted by Crippen LogP contribution is -2.53. The van der Waals surface area contributed by atoms with Crippen LogP contribution in [0.3, 0.4) is 0 Å². The van der Waals surface area contributed by atoms with E-state index in [0.29, 0.717) is 13.1 Å². The number of amides is 1. The number of nitrogens with zero attached hydrogens (tertiary/aromatic N) is 2. The predicted octanol–water partition coefficient (Wildman–Crippen LogP) is 1.82. The van der Waals surface area contributed by atoms with Crippen molar-refractivity contribution in [3.8, 4) is 0 Å². The molecule has 0 aromatic heterocycles. The molecule has 150 valence electrons. The van der Waals surface area contributed by atoms with Crippen molar-refractivity contribution >= 4 is 11.9 Å². The number of carbonyl (C=O) groups excluding carboxylic acids is 1. The summed E-state index contributed by atoms with van der Waals surface area (Å²) < 4.78 is 0. The monoisotopic (exact) mass is 365 g/mol. The molecule has 1 saturated carbocycles. The standard InChI is InChI=1S/C20H39N5O/c1-6-21-19(23-10-9-22-18(26)17-7-8-17)24-14-20(4,5)25-12-15(2)11-16(3)13-25/h15-17H,6-14H2,1-5H3,(H,22,26)(H2,21,23,24). The van der Waals surface area contributed by atoms with Crippen LogP contribution in [0.1, 0.15) is 53.9 Å². The summed E-state index contributed by atoms with van der Waals surface area (Å²) in [5, 5.41) is 9.62. The van der Waals surface area contributed by atoms with Crippen LogP contribution >= 0.6 is 0 Å². The van der Waals surface area contributed by atoms with E-state index in [2.05, 4.69) is 55.5 Å². The molecule has 1 saturated heterocycles. The molecule has 0 aromatic carbocycles. The molecule has 26 heavy (non-hydrogen) atoms. The molecule has 0 spiro atoms. The minimum Gasteiger partial charge on any atom is -0.357 e. The predicted molar refractivity (Wildman–Crippen MR) is 108 cm³/mol. The minimum absolute atomic E-state index is 0.0471. The molecule has 0 bridgehead atoms. The Labute approximate surface area is 159 Å². The Balaban J connectivity index is 1.80. The maximum atomic E-state index is 11.7. The van der Waals surface area contributed by atoms with Crippen LogP contribution in [0.4, 0.5) is 0 Å². The number of rotatable bonds is 8. The number of hydrogen-bond donors (Lipinski definition) is 3. The van der Waals surface area contributed by atoms with Gasteiger partial charge in [0.05, 0.1) is 6.54 Å². The second-order valence-corrected chi connectivity index (χ2v) is 8.85. The maximum Gasteiger partial charge on any atom is 0.223 e. The van der Waals surface area contributed by atoms with E-state index in [1.165, 1.54) is 6.42 Å². The van der Waals surface area contributed by atoms with Crippen LogP contribution in [0, 0.1) is 17.8 Å². The summed E-state index contributed by atoms with van der Waals surface area (Å²) in [7, 11) is 0. The Morgan fingerprint density at radius 2 is 1.69 bits per heavy atom. The number of nitrogens with one attached hydrogen (secondary N) is 3. The number of guanidine groups is 1. The average molecular weight is 366 g/mol. The van der Waals surface area contributed by atoms with Gasteiger partial charge in [0.2, 0.25) is 5.91 Å². The van der Waals surface area contributed by atoms with Gasteiger partial charge in [-0.05, 0) is 51.9 Å². The fourth-order valence-corrected chi connectivity index (χ4v) is 3.73. The topological polar surface area (TPSA) is 68.8 Å². The van der Waals surface area contributed by atoms with Crippen LogP contribution in [-0.2, 0) is 4.79 Å². The van der Waals surface area contributed by atoms with E-state index < -0.39 is 0 Å². The molecule has 2 rings (SSSR count). The van der Waals surface area contributed by atoms with Crippen LogP contribution in [-0.4, -0.2) is 61.6 Å². The molecule has 1 aliphatic carbocycles. The van der Waals surface area contributed by atoms with Crippen molar-refractivity contribution in [2.75, 3.05) is 39.3 Å². The lowest BCUT2D eigenvalue weighted by Gasteiger charge is -2.44. The quantitative estimate of drug-likeness (QED) is 0.349. The molecule has 1 aliphatic heterocycles. The van der Waals surface area contributed by atoms with Gasteiger partial charge in [-0.3, -0.25) is 14.7 Å². The molecule has 6 nitrogen and oxygen atoms in total. The first kappa shape index (κ1) is 21.0. The smallest absolute Gasteiger partial charge is 0.223 e. The van der Waals surface area contributed by atoms with Crippen molar-refractivity contribution in [1.82, 2.24) is 20.9 Å². The van der Waals surface area contributed by atoms with Crippen molar-refractivity contribution in [2.24, 2.45) is 22.7 Å². The molecular weight excluding hydrogens is 326 g/mol. The highest BCUT2D eigenvalue weighted by atomic mass is 16.2. The zero-order valence-corrected chi connectivity index (χ0v) is 17.4. The summed E-state index contributed by atoms with van der Waals surface area (Å²) in [6, 6.07) is 0. The lowest BCUT2D eigenvalue weighted by molar-refractivity contribution is -0.122. The number of likely N-dealkylation sites (tertiary alicyclic amines) is 1. The van der Waals surface area contributed by atoms with Crippen molar-refractivity contribution in [3.05, 3.63) is 0 Å². The SMILES string of the molecule is CCNC(=NCC(C)(C)N1CC(C)CC(C)C1)NCCNC(=O)C1CC1. The molecule has 6 heteroatoms. The third-order valence-electron chi connectivity index (χ3n) is 5.36. The van der Waals surface area contributed by atoms with Gasteiger partial charge in [-0.25, -0.2) is 0 Å². The number of piperidine rings is 1. The van der Waals surface area contributed by atoms with Gasteiger partial charge in [0.15, 0.2) is 5.96 Å². The molecule has 1 amide bonds. The van der Waals surface area contributed by atoms with E-state index in [-0.39, 0.29) is 17.4 Å². The first-order chi connectivity index (χ1) is 12.3. The number of hydrogen-bond acceptors (Lipinski definition) is 3. The van der Waals surface area contributed by atoms with Gasteiger partial charge in [0.1, 0.15) is 0 Å². The number of carbonyl (C=O) groups is 1. The molecule has 0 radical (unpaired) electrons. The fraction of sp³-hybridized carbons (Fsp3) is 0.900. The van der Waals surface area contributed by atoms with Crippen LogP contribution < -0.4 is 16.0 Å². The second-order valence-electron chi connectivity index (χ2n) is 8.85. The third kappa shape index (κ3) is 6.78. The Morgan fingerprint density at radius 3 is 2.27 bits per heavy atom. The number of aliphatic imine (C=N–C) groups is 1. The van der Waals surface area contributed by atoms with E-state index in [1.807, 2.05) is 0 Å². The first-order valence-electron chi connectivity index (χ1n) is 10.4. The third-order valence-corrected chi connectivity index (χ3v) is 5.36. The summed E-state index contributed by atoms with van der Waals surface area (Å²) in [5.41, 5.74) is 0.0471. The second kappa shape index (κ2) is 9.58. The molecule has 2 unspecified atom stereocenters. The molecule has 2 aliphatic rings. The average Bonchev–Trinajstić information content (AvgIpc) is 3.40. The first-order valence-corrected chi connectivity index (χ1v) is 10.4. The molecular formula is C20H39N5O. The van der Waals surface area contributed by atoms with Crippen molar-refractivity contribution < 1.29 is 4.79 Å². The minimum atomic E-state index is 0.0471. The van der Waals surface area contributed by atoms with E-state index in [0.717, 1.165) is 56.8 Å². The van der Waals surface area contributed by atoms with E-state index >= 15 is 0 Å². The largest absolute Gasteiger partial charge is 0.357 e. The van der Waals surface area contributed by atoms with Crippen LogP contribution in [0.15, 0.2) is 4.99 Å². The maximum absolute atomic E-state index is 11.7. The molecule has 2 atom stereocenters. The van der Waals surface area contributed by atoms with Gasteiger partial charge in [-0.2, -0.15) is 0 Å². The summed E-state index contributed by atoms with van der Waals surface area (Å²) in [5.74, 6) is 2.81. The van der Waals surface area contributed by atoms with E-state index in [1.54, 1.807) is 0 Å². The highest BCUT2D eigenvalue weighted by molar-refractivity contribution is 5.81. The molecule has 3 N–H and O–H groups in total. The Bertz CT molecular complexity index is 477. The fourth-order valence-electron chi connectivity index (χ4n) is 3.73. The van der Waals surface area contributed by atoms with Gasteiger partial charge in [0, 0.05) is 44.2 Å². The van der Waals surface area contributed by atoms with Gasteiger partial charge < -0.3 is 16.0 Å². The highest BCUT2D eigenvalue weighted by Gasteiger charge is 2.32. The zero-order chi connectivity index (χ0) is 19.2. The summed E-state index contributed by atoms with van der Waals surface area (Å²) >= 11 is 0. The van der Waals surface area contributed by atoms with Crippen LogP contribution in [0.25, 0.3) is 0 Å². The van der Waals surface area contributed by atoms with Gasteiger partial charge in [0.25, 0.3) is 0 Å². The summed E-state index contributed by atoms with van der Waals surface area (Å²) in [4.78, 5) is 19.1. The van der Waals surface area contributed by atoms with Gasteiger partial charge >= 0.3 is 0 Å². The van der Waals surface area contributed by atoms with Gasteiger partial charge in [-0.1, -0.05) is 13.8 Å². The van der Waals surface area contributed by atoms with E-state index in [4.69, 9.17) is 4.99 Å². The highest BCUT2D eigenvalue weighted by Crippen LogP contribution is 2.28. The van der Waals surface area contributed by atoms with Crippen LogP contribution in [0.5, 0.6) is 0 Å². The van der Waals surface area contributed by atoms with E-state index in [9.17, 15) is 4.79 Å². The van der Waals surface area contributed by atoms with Crippen LogP contribution in [0.2, 0.25) is 0 Å². The summed E-state index contributed by atoms with van der Waals surface area (Å²) in [6.07, 6.45) is 3.42. The molecule has 2 fully saturated rings. The zero-order valence-electron chi connectivity index (χ0n) is 17.4. The Kier molecular flexibility index (Phi) is 7.74.